The maximum atomic E-state index is 12.6. The van der Waals surface area contributed by atoms with E-state index in [4.69, 9.17) is 11.6 Å². The first-order valence-corrected chi connectivity index (χ1v) is 10.8. The zero-order valence-corrected chi connectivity index (χ0v) is 16.8. The van der Waals surface area contributed by atoms with Gasteiger partial charge in [0.05, 0.1) is 30.2 Å². The van der Waals surface area contributed by atoms with Gasteiger partial charge in [-0.25, -0.2) is 9.97 Å². The second-order valence-corrected chi connectivity index (χ2v) is 9.32. The van der Waals surface area contributed by atoms with Crippen LogP contribution in [0.15, 0.2) is 54.6 Å². The van der Waals surface area contributed by atoms with Crippen molar-refractivity contribution in [1.82, 2.24) is 9.97 Å². The first kappa shape index (κ1) is 16.8. The maximum Gasteiger partial charge on any atom is 0.267 e. The van der Waals surface area contributed by atoms with Gasteiger partial charge >= 0.3 is 0 Å². The minimum absolute atomic E-state index is 0.169. The van der Waals surface area contributed by atoms with E-state index in [1.54, 1.807) is 17.4 Å². The van der Waals surface area contributed by atoms with Crippen LogP contribution in [0.2, 0.25) is 5.02 Å². The number of amides is 1. The van der Waals surface area contributed by atoms with Gasteiger partial charge in [0.15, 0.2) is 5.13 Å². The highest BCUT2D eigenvalue weighted by Gasteiger charge is 2.15. The topological polar surface area (TPSA) is 54.9 Å². The highest BCUT2D eigenvalue weighted by molar-refractivity contribution is 7.26. The molecule has 5 aromatic rings. The number of carbonyl (C=O) groups excluding carboxylic acids is 1. The molecule has 1 amide bonds. The average molecular weight is 428 g/mol. The molecule has 0 saturated carbocycles. The van der Waals surface area contributed by atoms with E-state index in [9.17, 15) is 4.79 Å². The number of fused-ring (bicyclic) bond motifs is 2. The Hall–Kier alpha value is -2.32. The molecule has 132 valence electrons. The molecule has 0 fully saturated rings. The van der Waals surface area contributed by atoms with E-state index in [0.717, 1.165) is 30.3 Å². The molecule has 0 bridgehead atoms. The molecule has 3 aromatic heterocycles. The summed E-state index contributed by atoms with van der Waals surface area (Å²) >= 11 is 10.5. The van der Waals surface area contributed by atoms with Gasteiger partial charge in [-0.15, -0.1) is 22.7 Å². The molecule has 0 radical (unpaired) electrons. The molecule has 4 nitrogen and oxygen atoms in total. The van der Waals surface area contributed by atoms with E-state index in [2.05, 4.69) is 21.4 Å². The molecule has 27 heavy (non-hydrogen) atoms. The first-order valence-electron chi connectivity index (χ1n) is 7.99. The monoisotopic (exact) mass is 427 g/mol. The number of nitrogens with zero attached hydrogens (tertiary/aromatic N) is 2. The lowest BCUT2D eigenvalue weighted by atomic mass is 10.3. The lowest BCUT2D eigenvalue weighted by Crippen LogP contribution is -2.09. The van der Waals surface area contributed by atoms with Gasteiger partial charge in [-0.2, -0.15) is 0 Å². The van der Waals surface area contributed by atoms with Crippen LogP contribution in [0.5, 0.6) is 0 Å². The lowest BCUT2D eigenvalue weighted by molar-refractivity contribution is 0.103. The average Bonchev–Trinajstić information content (AvgIpc) is 3.38. The summed E-state index contributed by atoms with van der Waals surface area (Å²) in [6.45, 7) is 0. The molecule has 1 N–H and O–H groups in total. The van der Waals surface area contributed by atoms with Crippen LogP contribution >= 0.6 is 45.6 Å². The summed E-state index contributed by atoms with van der Waals surface area (Å²) in [5, 5.41) is 5.02. The van der Waals surface area contributed by atoms with E-state index < -0.39 is 0 Å². The molecule has 3 heterocycles. The van der Waals surface area contributed by atoms with Crippen molar-refractivity contribution in [3.05, 3.63) is 64.5 Å². The van der Waals surface area contributed by atoms with Crippen molar-refractivity contribution in [2.75, 3.05) is 5.32 Å². The number of benzene rings is 2. The number of carbonyl (C=O) groups is 1. The van der Waals surface area contributed by atoms with Crippen LogP contribution in [0, 0.1) is 0 Å². The van der Waals surface area contributed by atoms with Crippen LogP contribution in [0.3, 0.4) is 0 Å². The van der Waals surface area contributed by atoms with Crippen LogP contribution in [-0.4, -0.2) is 15.9 Å². The Bertz CT molecular complexity index is 1270. The second-order valence-electron chi connectivity index (χ2n) is 5.74. The Morgan fingerprint density at radius 2 is 1.74 bits per heavy atom. The van der Waals surface area contributed by atoms with Crippen LogP contribution in [0.1, 0.15) is 9.67 Å². The number of aromatic nitrogens is 2. The fourth-order valence-electron chi connectivity index (χ4n) is 2.66. The molecular weight excluding hydrogens is 418 g/mol. The molecule has 0 spiro atoms. The van der Waals surface area contributed by atoms with Gasteiger partial charge < -0.3 is 0 Å². The summed E-state index contributed by atoms with van der Waals surface area (Å²) in [6.07, 6.45) is 0. The summed E-state index contributed by atoms with van der Waals surface area (Å²) in [7, 11) is 0. The van der Waals surface area contributed by atoms with Gasteiger partial charge in [-0.3, -0.25) is 10.1 Å². The van der Waals surface area contributed by atoms with Gasteiger partial charge in [-0.05, 0) is 42.5 Å². The number of thiophene rings is 1. The number of rotatable bonds is 3. The van der Waals surface area contributed by atoms with Crippen molar-refractivity contribution in [1.29, 1.82) is 0 Å². The summed E-state index contributed by atoms with van der Waals surface area (Å²) < 4.78 is 2.08. The number of thiazole rings is 2. The molecule has 0 aliphatic carbocycles. The largest absolute Gasteiger partial charge is 0.297 e. The Kier molecular flexibility index (Phi) is 4.17. The molecule has 5 rings (SSSR count). The summed E-state index contributed by atoms with van der Waals surface area (Å²) in [4.78, 5) is 23.3. The van der Waals surface area contributed by atoms with Crippen LogP contribution in [0.25, 0.3) is 30.3 Å². The quantitative estimate of drug-likeness (QED) is 0.355. The molecule has 0 atom stereocenters. The Morgan fingerprint density at radius 3 is 2.63 bits per heavy atom. The van der Waals surface area contributed by atoms with Gasteiger partial charge in [0, 0.05) is 5.02 Å². The number of nitrogens with one attached hydrogen (secondary N) is 1. The molecule has 8 heteroatoms. The third-order valence-electron chi connectivity index (χ3n) is 3.91. The van der Waals surface area contributed by atoms with Gasteiger partial charge in [0.1, 0.15) is 5.01 Å². The predicted octanol–water partition coefficient (Wildman–Crippen LogP) is 6.54. The minimum atomic E-state index is -0.169. The number of halogens is 1. The maximum absolute atomic E-state index is 12.6. The zero-order chi connectivity index (χ0) is 18.4. The highest BCUT2D eigenvalue weighted by Crippen LogP contribution is 2.35. The van der Waals surface area contributed by atoms with E-state index in [0.29, 0.717) is 15.0 Å². The number of hydrogen-bond acceptors (Lipinski definition) is 6. The van der Waals surface area contributed by atoms with E-state index in [1.807, 2.05) is 42.5 Å². The highest BCUT2D eigenvalue weighted by atomic mass is 35.5. The van der Waals surface area contributed by atoms with Gasteiger partial charge in [-0.1, -0.05) is 35.1 Å². The van der Waals surface area contributed by atoms with E-state index >= 15 is 0 Å². The summed E-state index contributed by atoms with van der Waals surface area (Å²) in [5.74, 6) is -0.169. The smallest absolute Gasteiger partial charge is 0.267 e. The van der Waals surface area contributed by atoms with E-state index in [-0.39, 0.29) is 5.91 Å². The summed E-state index contributed by atoms with van der Waals surface area (Å²) in [6, 6.07) is 17.3. The fourth-order valence-corrected chi connectivity index (χ4v) is 5.72. The van der Waals surface area contributed by atoms with Crippen molar-refractivity contribution in [3.63, 3.8) is 0 Å². The first-order chi connectivity index (χ1) is 13.2. The molecular formula is C19H10ClN3OS3. The van der Waals surface area contributed by atoms with Crippen LogP contribution in [-0.2, 0) is 0 Å². The predicted molar refractivity (Wildman–Crippen MR) is 116 cm³/mol. The third-order valence-corrected chi connectivity index (χ3v) is 7.36. The summed E-state index contributed by atoms with van der Waals surface area (Å²) in [5.41, 5.74) is 1.80. The normalized spacial score (nSPS) is 11.3. The minimum Gasteiger partial charge on any atom is -0.297 e. The number of anilines is 1. The second kappa shape index (κ2) is 6.69. The fraction of sp³-hybridized carbons (Fsp3) is 0. The molecule has 0 aliphatic heterocycles. The molecule has 0 saturated heterocycles. The zero-order valence-electron chi connectivity index (χ0n) is 13.6. The molecule has 2 aromatic carbocycles. The Balaban J connectivity index is 1.40. The van der Waals surface area contributed by atoms with Crippen molar-refractivity contribution >= 4 is 77.1 Å². The van der Waals surface area contributed by atoms with Gasteiger partial charge in [0.2, 0.25) is 0 Å². The van der Waals surface area contributed by atoms with Crippen LogP contribution < -0.4 is 5.32 Å². The number of hydrogen-bond donors (Lipinski definition) is 1. The standard InChI is InChI=1S/C19H10ClN3OS3/c20-10-5-6-12-16(9-10)27-19(22-12)23-17(24)14-7-8-15(25-14)18-21-11-3-1-2-4-13(11)26-18/h1-9H,(H,22,23,24). The molecule has 0 aliphatic rings. The Morgan fingerprint density at radius 1 is 0.889 bits per heavy atom. The number of para-hydroxylation sites is 1. The third kappa shape index (κ3) is 3.23. The van der Waals surface area contributed by atoms with Gasteiger partial charge in [0.25, 0.3) is 5.91 Å². The van der Waals surface area contributed by atoms with Crippen molar-refractivity contribution in [3.8, 4) is 9.88 Å². The Labute approximate surface area is 171 Å². The van der Waals surface area contributed by atoms with E-state index in [1.165, 1.54) is 22.7 Å². The molecule has 0 unspecified atom stereocenters. The van der Waals surface area contributed by atoms with Crippen molar-refractivity contribution in [2.24, 2.45) is 0 Å². The van der Waals surface area contributed by atoms with Crippen molar-refractivity contribution in [2.45, 2.75) is 0 Å². The lowest BCUT2D eigenvalue weighted by Gasteiger charge is -1.97. The van der Waals surface area contributed by atoms with Crippen LogP contribution in [0.4, 0.5) is 5.13 Å². The SMILES string of the molecule is O=C(Nc1nc2ccc(Cl)cc2s1)c1ccc(-c2nc3ccccc3s2)s1. The van der Waals surface area contributed by atoms with Crippen molar-refractivity contribution < 1.29 is 4.79 Å².